The van der Waals surface area contributed by atoms with Crippen LogP contribution in [0.1, 0.15) is 19.5 Å². The van der Waals surface area contributed by atoms with Gasteiger partial charge in [0.25, 0.3) is 0 Å². The van der Waals surface area contributed by atoms with Gasteiger partial charge in [0, 0.05) is 55.8 Å². The highest BCUT2D eigenvalue weighted by molar-refractivity contribution is 7.69. The van der Waals surface area contributed by atoms with Crippen molar-refractivity contribution in [2.45, 2.75) is 27.7 Å². The summed E-state index contributed by atoms with van der Waals surface area (Å²) in [5.74, 6) is 0. The Morgan fingerprint density at radius 2 is 1.28 bits per heavy atom. The molecule has 0 aliphatic rings. The SMILES string of the molecule is Cc1cc(-c2sc3c4ccccc4p(-c4ccccc4)c3c2-c2cc(C)sc2C)c(C)s1. The first-order valence-electron chi connectivity index (χ1n) is 10.8. The Morgan fingerprint density at radius 3 is 1.94 bits per heavy atom. The van der Waals surface area contributed by atoms with Gasteiger partial charge in [-0.3, -0.25) is 0 Å². The molecule has 0 aliphatic heterocycles. The van der Waals surface area contributed by atoms with Gasteiger partial charge in [0.1, 0.15) is 0 Å². The van der Waals surface area contributed by atoms with Crippen molar-refractivity contribution < 1.29 is 0 Å². The Balaban J connectivity index is 1.84. The molecule has 1 atom stereocenters. The molecule has 0 saturated heterocycles. The molecule has 2 aromatic carbocycles. The first-order chi connectivity index (χ1) is 15.5. The zero-order chi connectivity index (χ0) is 22.0. The number of fused-ring (bicyclic) bond motifs is 3. The van der Waals surface area contributed by atoms with E-state index >= 15 is 0 Å². The van der Waals surface area contributed by atoms with Gasteiger partial charge in [-0.15, -0.1) is 34.0 Å². The molecule has 0 saturated carbocycles. The van der Waals surface area contributed by atoms with E-state index in [1.54, 1.807) is 5.12 Å². The molecule has 0 N–H and O–H groups in total. The molecule has 4 heterocycles. The molecular weight excluding hydrogens is 463 g/mol. The maximum absolute atomic E-state index is 2.42. The molecule has 158 valence electrons. The van der Waals surface area contributed by atoms with E-state index < -0.39 is 7.53 Å². The third kappa shape index (κ3) is 3.07. The summed E-state index contributed by atoms with van der Waals surface area (Å²) in [6.07, 6.45) is 0. The highest BCUT2D eigenvalue weighted by atomic mass is 32.1. The van der Waals surface area contributed by atoms with Crippen molar-refractivity contribution in [2.75, 3.05) is 0 Å². The van der Waals surface area contributed by atoms with Crippen LogP contribution in [0.5, 0.6) is 0 Å². The number of aryl methyl sites for hydroxylation is 4. The van der Waals surface area contributed by atoms with E-state index in [-0.39, 0.29) is 0 Å². The van der Waals surface area contributed by atoms with Crippen LogP contribution in [0.2, 0.25) is 0 Å². The second kappa shape index (κ2) is 7.71. The number of hydrogen-bond acceptors (Lipinski definition) is 3. The lowest BCUT2D eigenvalue weighted by atomic mass is 10.0. The largest absolute Gasteiger partial charge is 0.145 e. The number of benzene rings is 2. The fourth-order valence-corrected chi connectivity index (χ4v) is 11.3. The smallest absolute Gasteiger partial charge is 0.0480 e. The highest BCUT2D eigenvalue weighted by Crippen LogP contribution is 2.63. The van der Waals surface area contributed by atoms with Gasteiger partial charge in [0.15, 0.2) is 0 Å². The van der Waals surface area contributed by atoms with Crippen molar-refractivity contribution >= 4 is 61.9 Å². The summed E-state index contributed by atoms with van der Waals surface area (Å²) in [4.78, 5) is 7.08. The maximum Gasteiger partial charge on any atom is 0.0480 e. The van der Waals surface area contributed by atoms with Gasteiger partial charge in [0.05, 0.1) is 0 Å². The second-order valence-corrected chi connectivity index (χ2v) is 14.4. The minimum Gasteiger partial charge on any atom is -0.145 e. The summed E-state index contributed by atoms with van der Waals surface area (Å²) in [5.41, 5.74) is 4.34. The zero-order valence-corrected chi connectivity index (χ0v) is 21.9. The summed E-state index contributed by atoms with van der Waals surface area (Å²) in [7, 11) is -0.573. The predicted octanol–water partition coefficient (Wildman–Crippen LogP) is 10.7. The molecule has 6 rings (SSSR count). The van der Waals surface area contributed by atoms with Gasteiger partial charge in [-0.1, -0.05) is 56.1 Å². The predicted molar refractivity (Wildman–Crippen MR) is 149 cm³/mol. The van der Waals surface area contributed by atoms with E-state index in [0.717, 1.165) is 0 Å². The summed E-state index contributed by atoms with van der Waals surface area (Å²) in [6.45, 7) is 9.04. The maximum atomic E-state index is 2.42. The van der Waals surface area contributed by atoms with Crippen LogP contribution in [0, 0.1) is 27.7 Å². The van der Waals surface area contributed by atoms with Gasteiger partial charge in [-0.05, 0) is 56.8 Å². The Hall–Kier alpha value is -2.16. The van der Waals surface area contributed by atoms with Crippen LogP contribution in [0.4, 0.5) is 0 Å². The van der Waals surface area contributed by atoms with Gasteiger partial charge < -0.3 is 0 Å². The van der Waals surface area contributed by atoms with E-state index in [2.05, 4.69) is 94.4 Å². The van der Waals surface area contributed by atoms with Crippen molar-refractivity contribution in [1.82, 2.24) is 0 Å². The lowest BCUT2D eigenvalue weighted by Crippen LogP contribution is -1.80. The molecular formula is C28H23PS3. The molecule has 0 bridgehead atoms. The first kappa shape index (κ1) is 20.4. The van der Waals surface area contributed by atoms with Crippen molar-refractivity contribution in [2.24, 2.45) is 0 Å². The van der Waals surface area contributed by atoms with Crippen molar-refractivity contribution in [3.8, 4) is 26.9 Å². The van der Waals surface area contributed by atoms with E-state index in [9.17, 15) is 0 Å². The van der Waals surface area contributed by atoms with Crippen molar-refractivity contribution in [1.29, 1.82) is 0 Å². The van der Waals surface area contributed by atoms with Crippen LogP contribution in [-0.4, -0.2) is 0 Å². The van der Waals surface area contributed by atoms with E-state index in [0.29, 0.717) is 0 Å². The molecule has 0 radical (unpaired) electrons. The first-order valence-corrected chi connectivity index (χ1v) is 14.6. The number of hydrogen-bond donors (Lipinski definition) is 0. The van der Waals surface area contributed by atoms with Gasteiger partial charge in [-0.25, -0.2) is 0 Å². The van der Waals surface area contributed by atoms with Crippen molar-refractivity contribution in [3.05, 3.63) is 86.2 Å². The van der Waals surface area contributed by atoms with E-state index in [4.69, 9.17) is 0 Å². The Morgan fingerprint density at radius 1 is 0.656 bits per heavy atom. The molecule has 0 amide bonds. The standard InChI is InChI=1S/C28H23PS3/c1-16-14-22(18(3)30-16)25-26-28(32-27(25)23-15-17(2)31-19(23)4)21-12-8-9-13-24(21)29(26)20-10-6-5-7-11-20/h5-15H,1-4H3. The van der Waals surface area contributed by atoms with Crippen LogP contribution >= 0.6 is 41.5 Å². The average molecular weight is 487 g/mol. The van der Waals surface area contributed by atoms with Gasteiger partial charge >= 0.3 is 0 Å². The van der Waals surface area contributed by atoms with Crippen LogP contribution in [0.25, 0.3) is 47.2 Å². The molecule has 1 unspecified atom stereocenters. The Bertz CT molecular complexity index is 1610. The quantitative estimate of drug-likeness (QED) is 0.233. The summed E-state index contributed by atoms with van der Waals surface area (Å²) in [5, 5.41) is 5.95. The van der Waals surface area contributed by atoms with Crippen LogP contribution in [0.15, 0.2) is 66.7 Å². The minimum absolute atomic E-state index is 0.573. The Labute approximate surface area is 201 Å². The van der Waals surface area contributed by atoms with Gasteiger partial charge in [0.2, 0.25) is 0 Å². The third-order valence-corrected chi connectivity index (χ3v) is 12.0. The molecule has 0 aliphatic carbocycles. The summed E-state index contributed by atoms with van der Waals surface area (Å²) in [6, 6.07) is 25.1. The van der Waals surface area contributed by atoms with E-state index in [1.165, 1.54) is 61.6 Å². The lowest BCUT2D eigenvalue weighted by Gasteiger charge is -2.09. The average Bonchev–Trinajstić information content (AvgIpc) is 3.49. The lowest BCUT2D eigenvalue weighted by molar-refractivity contribution is 1.58. The molecule has 0 nitrogen and oxygen atoms in total. The summed E-state index contributed by atoms with van der Waals surface area (Å²) >= 11 is 5.85. The zero-order valence-electron chi connectivity index (χ0n) is 18.5. The Kier molecular flexibility index (Phi) is 4.93. The fraction of sp³-hybridized carbons (Fsp3) is 0.143. The molecule has 4 aromatic heterocycles. The highest BCUT2D eigenvalue weighted by Gasteiger charge is 2.26. The number of thiophene rings is 3. The molecule has 6 aromatic rings. The van der Waals surface area contributed by atoms with Gasteiger partial charge in [-0.2, -0.15) is 0 Å². The van der Waals surface area contributed by atoms with Crippen LogP contribution in [-0.2, 0) is 0 Å². The molecule has 32 heavy (non-hydrogen) atoms. The molecule has 0 spiro atoms. The van der Waals surface area contributed by atoms with E-state index in [1.807, 2.05) is 34.0 Å². The fourth-order valence-electron chi connectivity index (χ4n) is 4.82. The summed E-state index contributed by atoms with van der Waals surface area (Å²) < 4.78 is 1.48. The van der Waals surface area contributed by atoms with Crippen molar-refractivity contribution in [3.63, 3.8) is 0 Å². The topological polar surface area (TPSA) is 0 Å². The minimum atomic E-state index is -0.573. The van der Waals surface area contributed by atoms with Crippen LogP contribution < -0.4 is 0 Å². The third-order valence-electron chi connectivity index (χ3n) is 6.11. The normalized spacial score (nSPS) is 12.3. The second-order valence-electron chi connectivity index (χ2n) is 8.33. The molecule has 0 fully saturated rings. The molecule has 4 heteroatoms. The monoisotopic (exact) mass is 486 g/mol. The van der Waals surface area contributed by atoms with Crippen LogP contribution in [0.3, 0.4) is 0 Å². The number of rotatable bonds is 3.